The van der Waals surface area contributed by atoms with Crippen LogP contribution in [0.25, 0.3) is 0 Å². The van der Waals surface area contributed by atoms with E-state index in [1.165, 1.54) is 15.4 Å². The third-order valence-corrected chi connectivity index (χ3v) is 3.56. The molecule has 1 N–H and O–H groups in total. The average Bonchev–Trinajstić information content (AvgIpc) is 2.39. The van der Waals surface area contributed by atoms with E-state index in [0.29, 0.717) is 13.1 Å². The van der Waals surface area contributed by atoms with Crippen LogP contribution in [0, 0.1) is 6.92 Å². The van der Waals surface area contributed by atoms with Gasteiger partial charge in [-0.05, 0) is 18.6 Å². The topological polar surface area (TPSA) is 40.5 Å². The van der Waals surface area contributed by atoms with E-state index < -0.39 is 6.09 Å². The zero-order valence-electron chi connectivity index (χ0n) is 8.56. The Kier molecular flexibility index (Phi) is 2.86. The molecule has 0 aromatic heterocycles. The molecule has 1 heterocycles. The number of amides is 1. The molecule has 3 nitrogen and oxygen atoms in total. The fraction of sp³-hybridized carbons (Fsp3) is 0.364. The Morgan fingerprint density at radius 1 is 1.53 bits per heavy atom. The molecule has 4 heteroatoms. The van der Waals surface area contributed by atoms with Crippen LogP contribution in [0.1, 0.15) is 11.1 Å². The highest BCUT2D eigenvalue weighted by Crippen LogP contribution is 2.28. The molecule has 2 rings (SSSR count). The van der Waals surface area contributed by atoms with Crippen LogP contribution in [0.3, 0.4) is 0 Å². The maximum atomic E-state index is 10.9. The lowest BCUT2D eigenvalue weighted by molar-refractivity contribution is 0.145. The number of fused-ring (bicyclic) bond motifs is 1. The van der Waals surface area contributed by atoms with E-state index in [4.69, 9.17) is 5.11 Å². The molecule has 0 spiro atoms. The quantitative estimate of drug-likeness (QED) is 0.735. The summed E-state index contributed by atoms with van der Waals surface area (Å²) in [6, 6.07) is 6.23. The minimum atomic E-state index is -0.829. The van der Waals surface area contributed by atoms with Gasteiger partial charge in [-0.25, -0.2) is 4.79 Å². The van der Waals surface area contributed by atoms with Crippen LogP contribution in [-0.4, -0.2) is 28.4 Å². The molecular formula is C11H13NO2S. The van der Waals surface area contributed by atoms with Crippen molar-refractivity contribution >= 4 is 17.9 Å². The first-order valence-corrected chi connectivity index (χ1v) is 5.85. The highest BCUT2D eigenvalue weighted by Gasteiger charge is 2.18. The van der Waals surface area contributed by atoms with Gasteiger partial charge in [0.25, 0.3) is 0 Å². The summed E-state index contributed by atoms with van der Waals surface area (Å²) < 4.78 is 0. The Labute approximate surface area is 93.1 Å². The van der Waals surface area contributed by atoms with Crippen molar-refractivity contribution in [3.8, 4) is 0 Å². The fourth-order valence-electron chi connectivity index (χ4n) is 1.69. The van der Waals surface area contributed by atoms with Crippen LogP contribution in [0.4, 0.5) is 4.79 Å². The van der Waals surface area contributed by atoms with Crippen molar-refractivity contribution in [2.45, 2.75) is 18.4 Å². The Morgan fingerprint density at radius 2 is 2.33 bits per heavy atom. The number of aryl methyl sites for hydroxylation is 1. The monoisotopic (exact) mass is 223 g/mol. The van der Waals surface area contributed by atoms with Crippen LogP contribution in [0.2, 0.25) is 0 Å². The molecule has 15 heavy (non-hydrogen) atoms. The third kappa shape index (κ3) is 2.26. The van der Waals surface area contributed by atoms with E-state index in [-0.39, 0.29) is 0 Å². The number of carboxylic acid groups (broad SMARTS) is 1. The number of thioether (sulfide) groups is 1. The van der Waals surface area contributed by atoms with Crippen molar-refractivity contribution in [1.29, 1.82) is 0 Å². The number of hydrogen-bond acceptors (Lipinski definition) is 2. The molecule has 1 aromatic carbocycles. The van der Waals surface area contributed by atoms with Crippen LogP contribution < -0.4 is 0 Å². The van der Waals surface area contributed by atoms with Gasteiger partial charge in [-0.15, -0.1) is 11.8 Å². The van der Waals surface area contributed by atoms with Crippen LogP contribution in [0.15, 0.2) is 23.1 Å². The lowest BCUT2D eigenvalue weighted by atomic mass is 10.1. The maximum Gasteiger partial charge on any atom is 0.407 e. The van der Waals surface area contributed by atoms with Crippen LogP contribution >= 0.6 is 11.8 Å². The second-order valence-corrected chi connectivity index (χ2v) is 4.80. The van der Waals surface area contributed by atoms with Crippen molar-refractivity contribution < 1.29 is 9.90 Å². The van der Waals surface area contributed by atoms with Crippen molar-refractivity contribution in [3.05, 3.63) is 29.3 Å². The molecular weight excluding hydrogens is 210 g/mol. The van der Waals surface area contributed by atoms with Gasteiger partial charge in [0.1, 0.15) is 0 Å². The van der Waals surface area contributed by atoms with E-state index in [9.17, 15) is 4.79 Å². The Morgan fingerprint density at radius 3 is 3.07 bits per heavy atom. The fourth-order valence-corrected chi connectivity index (χ4v) is 2.69. The minimum absolute atomic E-state index is 0.513. The van der Waals surface area contributed by atoms with E-state index >= 15 is 0 Å². The zero-order chi connectivity index (χ0) is 10.8. The predicted molar refractivity (Wildman–Crippen MR) is 60.3 cm³/mol. The molecule has 1 amide bonds. The van der Waals surface area contributed by atoms with Gasteiger partial charge in [-0.1, -0.05) is 17.7 Å². The Bertz CT molecular complexity index is 392. The molecule has 0 unspecified atom stereocenters. The number of rotatable bonds is 0. The van der Waals surface area contributed by atoms with Crippen LogP contribution in [0.5, 0.6) is 0 Å². The molecule has 0 aliphatic carbocycles. The summed E-state index contributed by atoms with van der Waals surface area (Å²) in [5.74, 6) is 0.836. The summed E-state index contributed by atoms with van der Waals surface area (Å²) in [5.41, 5.74) is 2.31. The first-order chi connectivity index (χ1) is 7.16. The summed E-state index contributed by atoms with van der Waals surface area (Å²) >= 11 is 1.73. The SMILES string of the molecule is Cc1ccc2c(c1)CN(C(=O)O)CCS2. The number of carbonyl (C=O) groups is 1. The average molecular weight is 223 g/mol. The molecule has 1 aromatic rings. The standard InChI is InChI=1S/C11H13NO2S/c1-8-2-3-10-9(6-8)7-12(11(13)14)4-5-15-10/h2-3,6H,4-5,7H2,1H3,(H,13,14). The molecule has 1 aliphatic heterocycles. The number of nitrogens with zero attached hydrogens (tertiary/aromatic N) is 1. The van der Waals surface area contributed by atoms with Crippen molar-refractivity contribution in [1.82, 2.24) is 4.90 Å². The molecule has 0 saturated heterocycles. The lowest BCUT2D eigenvalue weighted by Crippen LogP contribution is -2.29. The van der Waals surface area contributed by atoms with Gasteiger partial charge in [-0.3, -0.25) is 0 Å². The molecule has 80 valence electrons. The van der Waals surface area contributed by atoms with Gasteiger partial charge in [0.15, 0.2) is 0 Å². The molecule has 0 bridgehead atoms. The zero-order valence-corrected chi connectivity index (χ0v) is 9.38. The largest absolute Gasteiger partial charge is 0.465 e. The van der Waals surface area contributed by atoms with E-state index in [1.54, 1.807) is 11.8 Å². The van der Waals surface area contributed by atoms with E-state index in [2.05, 4.69) is 18.2 Å². The maximum absolute atomic E-state index is 10.9. The highest BCUT2D eigenvalue weighted by atomic mass is 32.2. The first kappa shape index (κ1) is 10.4. The molecule has 0 fully saturated rings. The second-order valence-electron chi connectivity index (χ2n) is 3.66. The lowest BCUT2D eigenvalue weighted by Gasteiger charge is -2.16. The molecule has 0 atom stereocenters. The summed E-state index contributed by atoms with van der Waals surface area (Å²) in [6.45, 7) is 3.15. The van der Waals surface area contributed by atoms with Crippen molar-refractivity contribution in [3.63, 3.8) is 0 Å². The smallest absolute Gasteiger partial charge is 0.407 e. The third-order valence-electron chi connectivity index (χ3n) is 2.47. The van der Waals surface area contributed by atoms with Gasteiger partial charge >= 0.3 is 6.09 Å². The Balaban J connectivity index is 2.31. The number of hydrogen-bond donors (Lipinski definition) is 1. The summed E-state index contributed by atoms with van der Waals surface area (Å²) in [7, 11) is 0. The highest BCUT2D eigenvalue weighted by molar-refractivity contribution is 7.99. The van der Waals surface area contributed by atoms with Gasteiger partial charge in [0.05, 0.1) is 6.54 Å². The molecule has 0 saturated carbocycles. The summed E-state index contributed by atoms with van der Waals surface area (Å²) in [5, 5.41) is 8.97. The summed E-state index contributed by atoms with van der Waals surface area (Å²) in [6.07, 6.45) is -0.829. The summed E-state index contributed by atoms with van der Waals surface area (Å²) in [4.78, 5) is 13.6. The molecule has 1 aliphatic rings. The van der Waals surface area contributed by atoms with Gasteiger partial charge < -0.3 is 10.0 Å². The van der Waals surface area contributed by atoms with Gasteiger partial charge in [0.2, 0.25) is 0 Å². The minimum Gasteiger partial charge on any atom is -0.465 e. The van der Waals surface area contributed by atoms with Gasteiger partial charge in [0, 0.05) is 17.2 Å². The first-order valence-electron chi connectivity index (χ1n) is 4.87. The van der Waals surface area contributed by atoms with E-state index in [1.807, 2.05) is 6.92 Å². The molecule has 0 radical (unpaired) electrons. The second kappa shape index (κ2) is 4.14. The predicted octanol–water partition coefficient (Wildman–Crippen LogP) is 2.58. The van der Waals surface area contributed by atoms with Crippen molar-refractivity contribution in [2.75, 3.05) is 12.3 Å². The van der Waals surface area contributed by atoms with Crippen molar-refractivity contribution in [2.24, 2.45) is 0 Å². The van der Waals surface area contributed by atoms with Crippen LogP contribution in [-0.2, 0) is 6.54 Å². The number of benzene rings is 1. The normalized spacial score (nSPS) is 15.7. The Hall–Kier alpha value is -1.16. The van der Waals surface area contributed by atoms with Gasteiger partial charge in [-0.2, -0.15) is 0 Å². The van der Waals surface area contributed by atoms with E-state index in [0.717, 1.165) is 11.3 Å².